The van der Waals surface area contributed by atoms with Crippen LogP contribution in [0.2, 0.25) is 0 Å². The Balaban J connectivity index is 2.18. The van der Waals surface area contributed by atoms with Crippen LogP contribution in [0.5, 0.6) is 0 Å². The average molecular weight is 327 g/mol. The van der Waals surface area contributed by atoms with Crippen molar-refractivity contribution in [1.82, 2.24) is 5.32 Å². The number of hydrogen-bond acceptors (Lipinski definition) is 4. The molecule has 0 saturated carbocycles. The molecule has 5 heteroatoms. The first-order chi connectivity index (χ1) is 11.5. The Hall–Kier alpha value is -2.53. The largest absolute Gasteiger partial charge is 0.399 e. The van der Waals surface area contributed by atoms with Gasteiger partial charge in [-0.3, -0.25) is 4.79 Å². The van der Waals surface area contributed by atoms with Gasteiger partial charge in [0.2, 0.25) is 0 Å². The van der Waals surface area contributed by atoms with E-state index < -0.39 is 0 Å². The third-order valence-corrected chi connectivity index (χ3v) is 3.74. The van der Waals surface area contributed by atoms with E-state index in [9.17, 15) is 4.79 Å². The number of methoxy groups -OCH3 is 1. The normalized spacial score (nSPS) is 10.7. The molecule has 0 aliphatic heterocycles. The van der Waals surface area contributed by atoms with Gasteiger partial charge >= 0.3 is 0 Å². The van der Waals surface area contributed by atoms with E-state index in [1.54, 1.807) is 19.2 Å². The summed E-state index contributed by atoms with van der Waals surface area (Å²) in [5.41, 5.74) is 9.81. The molecule has 0 radical (unpaired) electrons. The van der Waals surface area contributed by atoms with Gasteiger partial charge < -0.3 is 21.1 Å². The fraction of sp³-hybridized carbons (Fsp3) is 0.316. The Labute approximate surface area is 143 Å². The zero-order valence-corrected chi connectivity index (χ0v) is 14.4. The maximum atomic E-state index is 12.4. The molecule has 0 unspecified atom stereocenters. The maximum Gasteiger partial charge on any atom is 0.253 e. The molecule has 2 aromatic rings. The summed E-state index contributed by atoms with van der Waals surface area (Å²) in [7, 11) is 1.60. The summed E-state index contributed by atoms with van der Waals surface area (Å²) >= 11 is 0. The number of hydrogen-bond donors (Lipinski definition) is 3. The van der Waals surface area contributed by atoms with Crippen molar-refractivity contribution in [3.63, 3.8) is 0 Å². The van der Waals surface area contributed by atoms with Crippen molar-refractivity contribution in [1.29, 1.82) is 0 Å². The average Bonchev–Trinajstić information content (AvgIpc) is 2.57. The van der Waals surface area contributed by atoms with Crippen molar-refractivity contribution in [2.45, 2.75) is 19.8 Å². The molecule has 2 rings (SSSR count). The van der Waals surface area contributed by atoms with Crippen LogP contribution >= 0.6 is 0 Å². The van der Waals surface area contributed by atoms with E-state index in [1.807, 2.05) is 18.2 Å². The van der Waals surface area contributed by atoms with E-state index in [4.69, 9.17) is 10.5 Å². The number of rotatable bonds is 7. The van der Waals surface area contributed by atoms with E-state index in [0.717, 1.165) is 11.4 Å². The molecule has 0 bridgehead atoms. The number of benzene rings is 2. The smallest absolute Gasteiger partial charge is 0.253 e. The van der Waals surface area contributed by atoms with Gasteiger partial charge in [-0.15, -0.1) is 0 Å². The molecule has 4 N–H and O–H groups in total. The summed E-state index contributed by atoms with van der Waals surface area (Å²) < 4.78 is 4.95. The van der Waals surface area contributed by atoms with E-state index >= 15 is 0 Å². The monoisotopic (exact) mass is 327 g/mol. The second kappa shape index (κ2) is 8.36. The van der Waals surface area contributed by atoms with E-state index in [0.29, 0.717) is 30.3 Å². The van der Waals surface area contributed by atoms with Crippen LogP contribution in [-0.2, 0) is 4.74 Å². The lowest BCUT2D eigenvalue weighted by molar-refractivity contribution is 0.0938. The minimum atomic E-state index is -0.180. The zero-order valence-electron chi connectivity index (χ0n) is 14.4. The van der Waals surface area contributed by atoms with Gasteiger partial charge in [0.25, 0.3) is 5.91 Å². The topological polar surface area (TPSA) is 76.4 Å². The molecule has 0 aliphatic carbocycles. The minimum absolute atomic E-state index is 0.180. The van der Waals surface area contributed by atoms with Crippen LogP contribution in [0.25, 0.3) is 0 Å². The first-order valence-corrected chi connectivity index (χ1v) is 8.05. The summed E-state index contributed by atoms with van der Waals surface area (Å²) in [5, 5.41) is 6.11. The van der Waals surface area contributed by atoms with Gasteiger partial charge in [0, 0.05) is 25.0 Å². The van der Waals surface area contributed by atoms with Crippen molar-refractivity contribution in [3.05, 3.63) is 53.6 Å². The fourth-order valence-corrected chi connectivity index (χ4v) is 2.33. The number of carbonyl (C=O) groups is 1. The van der Waals surface area contributed by atoms with E-state index in [-0.39, 0.29) is 5.91 Å². The number of nitrogen functional groups attached to an aromatic ring is 1. The Morgan fingerprint density at radius 1 is 1.17 bits per heavy atom. The standard InChI is InChI=1S/C19H25N3O2/c1-13(2)14-4-7-16(8-5-14)22-18-9-6-15(20)12-17(18)19(23)21-10-11-24-3/h4-9,12-13,22H,10-11,20H2,1-3H3,(H,21,23). The predicted molar refractivity (Wildman–Crippen MR) is 98.9 cm³/mol. The summed E-state index contributed by atoms with van der Waals surface area (Å²) in [4.78, 5) is 12.4. The molecule has 128 valence electrons. The quantitative estimate of drug-likeness (QED) is 0.537. The van der Waals surface area contributed by atoms with Crippen LogP contribution in [0.15, 0.2) is 42.5 Å². The van der Waals surface area contributed by atoms with Crippen LogP contribution in [0.4, 0.5) is 17.1 Å². The van der Waals surface area contributed by atoms with Crippen LogP contribution in [0.1, 0.15) is 35.7 Å². The van der Waals surface area contributed by atoms with Crippen LogP contribution < -0.4 is 16.4 Å². The van der Waals surface area contributed by atoms with Crippen LogP contribution in [0, 0.1) is 0 Å². The van der Waals surface area contributed by atoms with Gasteiger partial charge in [-0.1, -0.05) is 26.0 Å². The molecule has 0 saturated heterocycles. The third-order valence-electron chi connectivity index (χ3n) is 3.74. The Bertz CT molecular complexity index is 682. The molecule has 1 amide bonds. The number of nitrogens with two attached hydrogens (primary N) is 1. The lowest BCUT2D eigenvalue weighted by atomic mass is 10.0. The van der Waals surface area contributed by atoms with Crippen LogP contribution in [0.3, 0.4) is 0 Å². The highest BCUT2D eigenvalue weighted by Gasteiger charge is 2.12. The molecule has 0 spiro atoms. The Morgan fingerprint density at radius 2 is 1.88 bits per heavy atom. The van der Waals surface area contributed by atoms with Gasteiger partial charge in [0.1, 0.15) is 0 Å². The molecule has 5 nitrogen and oxygen atoms in total. The van der Waals surface area contributed by atoms with Crippen molar-refractivity contribution in [2.75, 3.05) is 31.3 Å². The molecular formula is C19H25N3O2. The molecule has 0 aromatic heterocycles. The van der Waals surface area contributed by atoms with Crippen molar-refractivity contribution in [3.8, 4) is 0 Å². The highest BCUT2D eigenvalue weighted by molar-refractivity contribution is 6.01. The summed E-state index contributed by atoms with van der Waals surface area (Å²) in [6, 6.07) is 13.5. The Kier molecular flexibility index (Phi) is 6.21. The lowest BCUT2D eigenvalue weighted by Crippen LogP contribution is -2.27. The molecule has 2 aromatic carbocycles. The van der Waals surface area contributed by atoms with E-state index in [2.05, 4.69) is 36.6 Å². The first kappa shape index (κ1) is 17.8. The van der Waals surface area contributed by atoms with Gasteiger partial charge in [-0.2, -0.15) is 0 Å². The van der Waals surface area contributed by atoms with Crippen molar-refractivity contribution >= 4 is 23.0 Å². The molecular weight excluding hydrogens is 302 g/mol. The van der Waals surface area contributed by atoms with Gasteiger partial charge in [-0.05, 0) is 41.8 Å². The minimum Gasteiger partial charge on any atom is -0.399 e. The van der Waals surface area contributed by atoms with Gasteiger partial charge in [-0.25, -0.2) is 0 Å². The fourth-order valence-electron chi connectivity index (χ4n) is 2.33. The second-order valence-corrected chi connectivity index (χ2v) is 5.96. The predicted octanol–water partition coefficient (Wildman–Crippen LogP) is 3.51. The number of amides is 1. The number of carbonyl (C=O) groups excluding carboxylic acids is 1. The molecule has 0 heterocycles. The van der Waals surface area contributed by atoms with Gasteiger partial charge in [0.15, 0.2) is 0 Å². The SMILES string of the molecule is COCCNC(=O)c1cc(N)ccc1Nc1ccc(C(C)C)cc1. The lowest BCUT2D eigenvalue weighted by Gasteiger charge is -2.14. The third kappa shape index (κ3) is 4.73. The molecule has 0 atom stereocenters. The highest BCUT2D eigenvalue weighted by atomic mass is 16.5. The number of ether oxygens (including phenoxy) is 1. The molecule has 24 heavy (non-hydrogen) atoms. The maximum absolute atomic E-state index is 12.4. The Morgan fingerprint density at radius 3 is 2.50 bits per heavy atom. The highest BCUT2D eigenvalue weighted by Crippen LogP contribution is 2.25. The van der Waals surface area contributed by atoms with Crippen molar-refractivity contribution in [2.24, 2.45) is 0 Å². The summed E-state index contributed by atoms with van der Waals surface area (Å²) in [6.07, 6.45) is 0. The van der Waals surface area contributed by atoms with Crippen LogP contribution in [-0.4, -0.2) is 26.2 Å². The molecule has 0 aliphatic rings. The molecule has 0 fully saturated rings. The first-order valence-electron chi connectivity index (χ1n) is 8.05. The second-order valence-electron chi connectivity index (χ2n) is 5.96. The van der Waals surface area contributed by atoms with E-state index in [1.165, 1.54) is 5.56 Å². The van der Waals surface area contributed by atoms with Crippen molar-refractivity contribution < 1.29 is 9.53 Å². The number of nitrogens with one attached hydrogen (secondary N) is 2. The van der Waals surface area contributed by atoms with Gasteiger partial charge in [0.05, 0.1) is 17.9 Å². The number of anilines is 3. The summed E-state index contributed by atoms with van der Waals surface area (Å²) in [6.45, 7) is 5.23. The summed E-state index contributed by atoms with van der Waals surface area (Å²) in [5.74, 6) is 0.304. The zero-order chi connectivity index (χ0) is 17.5.